The molecule has 1 heterocycles. The van der Waals surface area contributed by atoms with Crippen molar-refractivity contribution in [2.24, 2.45) is 0 Å². The van der Waals surface area contributed by atoms with Crippen LogP contribution in [-0.2, 0) is 6.54 Å². The maximum atomic E-state index is 6.10. The molecule has 2 nitrogen and oxygen atoms in total. The van der Waals surface area contributed by atoms with Gasteiger partial charge in [-0.3, -0.25) is 0 Å². The molecular formula is C19H20ClN2-. The Bertz CT molecular complexity index is 745. The van der Waals surface area contributed by atoms with Gasteiger partial charge in [-0.25, -0.2) is 0 Å². The van der Waals surface area contributed by atoms with Crippen LogP contribution in [0.4, 0.5) is 5.69 Å². The van der Waals surface area contributed by atoms with Gasteiger partial charge in [0, 0.05) is 23.3 Å². The smallest absolute Gasteiger partial charge is 0.0485 e. The normalized spacial score (nSPS) is 12.3. The zero-order valence-corrected chi connectivity index (χ0v) is 13.6. The molecule has 3 rings (SSSR count). The minimum absolute atomic E-state index is 0.238. The summed E-state index contributed by atoms with van der Waals surface area (Å²) < 4.78 is 2.17. The van der Waals surface area contributed by atoms with E-state index in [1.165, 1.54) is 11.1 Å². The van der Waals surface area contributed by atoms with Gasteiger partial charge in [0.1, 0.15) is 0 Å². The summed E-state index contributed by atoms with van der Waals surface area (Å²) in [5.74, 6) is 0. The molecule has 1 aromatic heterocycles. The number of hydrogen-bond donors (Lipinski definition) is 1. The molecule has 1 atom stereocenters. The lowest BCUT2D eigenvalue weighted by atomic mass is 10.1. The molecule has 1 N–H and O–H groups in total. The molecule has 0 amide bonds. The highest BCUT2D eigenvalue weighted by molar-refractivity contribution is 6.31. The van der Waals surface area contributed by atoms with Gasteiger partial charge in [0.25, 0.3) is 0 Å². The number of aromatic nitrogens is 1. The summed E-state index contributed by atoms with van der Waals surface area (Å²) in [6.45, 7) is 5.12. The van der Waals surface area contributed by atoms with Crippen LogP contribution in [0.25, 0.3) is 0 Å². The van der Waals surface area contributed by atoms with E-state index < -0.39 is 0 Å². The van der Waals surface area contributed by atoms with Crippen molar-refractivity contribution in [2.45, 2.75) is 26.4 Å². The second kappa shape index (κ2) is 6.37. The van der Waals surface area contributed by atoms with Gasteiger partial charge in [-0.05, 0) is 48.7 Å². The molecule has 2 aromatic carbocycles. The Morgan fingerprint density at radius 2 is 2.05 bits per heavy atom. The van der Waals surface area contributed by atoms with E-state index in [2.05, 4.69) is 65.6 Å². The Hall–Kier alpha value is -2.06. The van der Waals surface area contributed by atoms with Gasteiger partial charge in [0.15, 0.2) is 0 Å². The third-order valence-electron chi connectivity index (χ3n) is 3.91. The number of nitrogens with one attached hydrogen (secondary N) is 1. The van der Waals surface area contributed by atoms with Gasteiger partial charge in [-0.1, -0.05) is 35.9 Å². The SMILES string of the molecule is Cc1cc(C(C)Nc2cccc(Cn3cc[cH-]3)c2)ccc1Cl. The van der Waals surface area contributed by atoms with Crippen molar-refractivity contribution in [3.8, 4) is 0 Å². The van der Waals surface area contributed by atoms with E-state index in [1.807, 2.05) is 19.1 Å². The van der Waals surface area contributed by atoms with Gasteiger partial charge < -0.3 is 9.88 Å². The Morgan fingerprint density at radius 1 is 1.23 bits per heavy atom. The Labute approximate surface area is 136 Å². The van der Waals surface area contributed by atoms with Crippen LogP contribution < -0.4 is 5.32 Å². The lowest BCUT2D eigenvalue weighted by Gasteiger charge is -2.19. The van der Waals surface area contributed by atoms with Gasteiger partial charge in [-0.2, -0.15) is 0 Å². The lowest BCUT2D eigenvalue weighted by Crippen LogP contribution is -2.08. The van der Waals surface area contributed by atoms with Gasteiger partial charge in [-0.15, -0.1) is 18.5 Å². The molecule has 1 unspecified atom stereocenters. The fourth-order valence-electron chi connectivity index (χ4n) is 2.55. The topological polar surface area (TPSA) is 17.0 Å². The summed E-state index contributed by atoms with van der Waals surface area (Å²) in [6, 6.07) is 17.0. The fourth-order valence-corrected chi connectivity index (χ4v) is 2.67. The first-order valence-corrected chi connectivity index (χ1v) is 7.88. The van der Waals surface area contributed by atoms with Crippen molar-refractivity contribution < 1.29 is 0 Å². The molecule has 3 heteroatoms. The third kappa shape index (κ3) is 3.40. The number of rotatable bonds is 5. The zero-order chi connectivity index (χ0) is 15.5. The summed E-state index contributed by atoms with van der Waals surface area (Å²) in [5, 5.41) is 4.38. The number of anilines is 1. The molecule has 0 saturated carbocycles. The summed E-state index contributed by atoms with van der Waals surface area (Å²) in [4.78, 5) is 0. The molecule has 0 bridgehead atoms. The maximum Gasteiger partial charge on any atom is 0.0485 e. The molecule has 0 saturated heterocycles. The predicted molar refractivity (Wildman–Crippen MR) is 93.8 cm³/mol. The highest BCUT2D eigenvalue weighted by atomic mass is 35.5. The van der Waals surface area contributed by atoms with E-state index in [-0.39, 0.29) is 6.04 Å². The van der Waals surface area contributed by atoms with Crippen molar-refractivity contribution in [3.05, 3.63) is 82.6 Å². The minimum atomic E-state index is 0.238. The van der Waals surface area contributed by atoms with Gasteiger partial charge in [0.2, 0.25) is 0 Å². The average molecular weight is 312 g/mol. The first-order chi connectivity index (χ1) is 10.6. The first-order valence-electron chi connectivity index (χ1n) is 7.51. The Balaban J connectivity index is 1.72. The second-order valence-electron chi connectivity index (χ2n) is 5.74. The highest BCUT2D eigenvalue weighted by Crippen LogP contribution is 2.24. The molecule has 0 spiro atoms. The molecule has 3 aromatic rings. The lowest BCUT2D eigenvalue weighted by molar-refractivity contribution is 0.765. The van der Waals surface area contributed by atoms with Crippen LogP contribution in [-0.4, -0.2) is 4.57 Å². The van der Waals surface area contributed by atoms with E-state index in [9.17, 15) is 0 Å². The minimum Gasteiger partial charge on any atom is -0.455 e. The summed E-state index contributed by atoms with van der Waals surface area (Å²) in [5.41, 5.74) is 4.79. The standard InChI is InChI=1S/C19H20ClN2/c1-14-11-17(7-8-19(14)20)15(2)21-18-6-3-5-16(12-18)13-22-9-4-10-22/h3-12,15,21H,13H2,1-2H3/q-1. The van der Waals surface area contributed by atoms with Crippen LogP contribution in [0.3, 0.4) is 0 Å². The van der Waals surface area contributed by atoms with Crippen LogP contribution in [0.5, 0.6) is 0 Å². The number of aryl methyl sites for hydroxylation is 1. The number of hydrogen-bond acceptors (Lipinski definition) is 1. The molecule has 0 aliphatic heterocycles. The summed E-state index contributed by atoms with van der Waals surface area (Å²) in [7, 11) is 0. The van der Waals surface area contributed by atoms with Crippen LogP contribution in [0.1, 0.15) is 29.7 Å². The number of halogens is 1. The molecular weight excluding hydrogens is 292 g/mol. The van der Waals surface area contributed by atoms with Crippen molar-refractivity contribution >= 4 is 17.3 Å². The van der Waals surface area contributed by atoms with Gasteiger partial charge >= 0.3 is 0 Å². The summed E-state index contributed by atoms with van der Waals surface area (Å²) in [6.07, 6.45) is 4.17. The number of nitrogens with zero attached hydrogens (tertiary/aromatic N) is 1. The molecule has 22 heavy (non-hydrogen) atoms. The largest absolute Gasteiger partial charge is 0.455 e. The van der Waals surface area contributed by atoms with E-state index in [0.717, 1.165) is 22.8 Å². The maximum absolute atomic E-state index is 6.10. The fraction of sp³-hybridized carbons (Fsp3) is 0.211. The molecule has 0 fully saturated rings. The number of benzene rings is 2. The van der Waals surface area contributed by atoms with Crippen molar-refractivity contribution in [1.29, 1.82) is 0 Å². The molecule has 0 aliphatic carbocycles. The highest BCUT2D eigenvalue weighted by Gasteiger charge is 2.07. The molecule has 0 aliphatic rings. The van der Waals surface area contributed by atoms with E-state index >= 15 is 0 Å². The van der Waals surface area contributed by atoms with E-state index in [0.29, 0.717) is 0 Å². The second-order valence-corrected chi connectivity index (χ2v) is 6.15. The van der Waals surface area contributed by atoms with Crippen molar-refractivity contribution in [1.82, 2.24) is 4.57 Å². The van der Waals surface area contributed by atoms with Crippen LogP contribution in [0, 0.1) is 6.92 Å². The zero-order valence-electron chi connectivity index (χ0n) is 12.9. The first kappa shape index (κ1) is 14.9. The summed E-state index contributed by atoms with van der Waals surface area (Å²) >= 11 is 6.10. The Kier molecular flexibility index (Phi) is 4.30. The average Bonchev–Trinajstić information content (AvgIpc) is 2.46. The van der Waals surface area contributed by atoms with Crippen LogP contribution in [0.15, 0.2) is 60.9 Å². The van der Waals surface area contributed by atoms with E-state index in [4.69, 9.17) is 11.6 Å². The Morgan fingerprint density at radius 3 is 2.73 bits per heavy atom. The van der Waals surface area contributed by atoms with Crippen molar-refractivity contribution in [3.63, 3.8) is 0 Å². The molecule has 114 valence electrons. The monoisotopic (exact) mass is 311 g/mol. The molecule has 0 radical (unpaired) electrons. The van der Waals surface area contributed by atoms with Crippen LogP contribution in [0.2, 0.25) is 5.02 Å². The quantitative estimate of drug-likeness (QED) is 0.625. The van der Waals surface area contributed by atoms with Gasteiger partial charge in [0.05, 0.1) is 0 Å². The van der Waals surface area contributed by atoms with E-state index in [1.54, 1.807) is 0 Å². The third-order valence-corrected chi connectivity index (χ3v) is 4.34. The van der Waals surface area contributed by atoms with Crippen molar-refractivity contribution in [2.75, 3.05) is 5.32 Å². The van der Waals surface area contributed by atoms with Crippen LogP contribution >= 0.6 is 11.6 Å². The predicted octanol–water partition coefficient (Wildman–Crippen LogP) is 5.39.